The fourth-order valence-electron chi connectivity index (χ4n) is 2.01. The molecule has 0 amide bonds. The van der Waals surface area contributed by atoms with E-state index in [-0.39, 0.29) is 11.9 Å². The molecule has 0 radical (unpaired) electrons. The molecule has 106 valence electrons. The summed E-state index contributed by atoms with van der Waals surface area (Å²) in [5.41, 5.74) is 7.87. The molecule has 0 saturated carbocycles. The average molecular weight is 273 g/mol. The quantitative estimate of drug-likeness (QED) is 0.871. The van der Waals surface area contributed by atoms with Gasteiger partial charge in [0.2, 0.25) is 0 Å². The highest BCUT2D eigenvalue weighted by Crippen LogP contribution is 2.22. The second-order valence-electron chi connectivity index (χ2n) is 4.90. The Labute approximate surface area is 119 Å². The lowest BCUT2D eigenvalue weighted by atomic mass is 10.0. The molecule has 0 fully saturated rings. The van der Waals surface area contributed by atoms with Gasteiger partial charge in [0.05, 0.1) is 0 Å². The molecule has 0 spiro atoms. The van der Waals surface area contributed by atoms with Gasteiger partial charge in [-0.1, -0.05) is 37.3 Å². The summed E-state index contributed by atoms with van der Waals surface area (Å²) in [6.07, 6.45) is 1.48. The predicted molar refractivity (Wildman–Crippen MR) is 79.1 cm³/mol. The number of nitrogens with two attached hydrogens (primary N) is 1. The summed E-state index contributed by atoms with van der Waals surface area (Å²) in [4.78, 5) is 0. The van der Waals surface area contributed by atoms with Crippen molar-refractivity contribution >= 4 is 0 Å². The van der Waals surface area contributed by atoms with Crippen molar-refractivity contribution in [3.63, 3.8) is 0 Å². The summed E-state index contributed by atoms with van der Waals surface area (Å²) in [5.74, 6) is 0.453. The molecule has 3 heteroatoms. The van der Waals surface area contributed by atoms with Gasteiger partial charge in [-0.25, -0.2) is 4.39 Å². The SMILES string of the molecule is CCC(N)Cc1cc(F)ccc1OCc1ccccc1. The Morgan fingerprint density at radius 1 is 1.15 bits per heavy atom. The van der Waals surface area contributed by atoms with E-state index in [4.69, 9.17) is 10.5 Å². The van der Waals surface area contributed by atoms with Gasteiger partial charge in [-0.15, -0.1) is 0 Å². The predicted octanol–water partition coefficient (Wildman–Crippen LogP) is 3.68. The number of benzene rings is 2. The molecule has 2 nitrogen and oxygen atoms in total. The van der Waals surface area contributed by atoms with Crippen molar-refractivity contribution in [3.05, 3.63) is 65.5 Å². The zero-order valence-electron chi connectivity index (χ0n) is 11.7. The number of halogens is 1. The zero-order chi connectivity index (χ0) is 14.4. The normalized spacial score (nSPS) is 12.2. The number of hydrogen-bond donors (Lipinski definition) is 1. The van der Waals surface area contributed by atoms with Gasteiger partial charge in [0, 0.05) is 6.04 Å². The Morgan fingerprint density at radius 2 is 1.90 bits per heavy atom. The lowest BCUT2D eigenvalue weighted by Crippen LogP contribution is -2.21. The van der Waals surface area contributed by atoms with E-state index in [1.807, 2.05) is 37.3 Å². The smallest absolute Gasteiger partial charge is 0.123 e. The van der Waals surface area contributed by atoms with Crippen LogP contribution in [-0.2, 0) is 13.0 Å². The topological polar surface area (TPSA) is 35.2 Å². The van der Waals surface area contributed by atoms with Crippen LogP contribution in [0.2, 0.25) is 0 Å². The third-order valence-corrected chi connectivity index (χ3v) is 3.27. The molecule has 0 aromatic heterocycles. The van der Waals surface area contributed by atoms with Crippen LogP contribution in [0, 0.1) is 5.82 Å². The van der Waals surface area contributed by atoms with Crippen LogP contribution in [0.4, 0.5) is 4.39 Å². The van der Waals surface area contributed by atoms with Crippen molar-refractivity contribution in [1.29, 1.82) is 0 Å². The fourth-order valence-corrected chi connectivity index (χ4v) is 2.01. The van der Waals surface area contributed by atoms with Crippen molar-refractivity contribution in [2.75, 3.05) is 0 Å². The van der Waals surface area contributed by atoms with E-state index in [9.17, 15) is 4.39 Å². The first-order valence-electron chi connectivity index (χ1n) is 6.89. The highest BCUT2D eigenvalue weighted by Gasteiger charge is 2.09. The molecule has 0 aliphatic carbocycles. The molecular weight excluding hydrogens is 253 g/mol. The van der Waals surface area contributed by atoms with E-state index >= 15 is 0 Å². The minimum absolute atomic E-state index is 0.0240. The van der Waals surface area contributed by atoms with Crippen LogP contribution >= 0.6 is 0 Å². The molecular formula is C17H20FNO. The zero-order valence-corrected chi connectivity index (χ0v) is 11.7. The largest absolute Gasteiger partial charge is 0.489 e. The van der Waals surface area contributed by atoms with Gasteiger partial charge < -0.3 is 10.5 Å². The van der Waals surface area contributed by atoms with E-state index in [2.05, 4.69) is 0 Å². The van der Waals surface area contributed by atoms with E-state index in [0.717, 1.165) is 17.5 Å². The monoisotopic (exact) mass is 273 g/mol. The molecule has 1 unspecified atom stereocenters. The molecule has 2 rings (SSSR count). The summed E-state index contributed by atoms with van der Waals surface area (Å²) in [6, 6.07) is 14.5. The van der Waals surface area contributed by atoms with Gasteiger partial charge in [-0.05, 0) is 42.2 Å². The maximum atomic E-state index is 13.4. The molecule has 0 aliphatic rings. The first kappa shape index (κ1) is 14.5. The third-order valence-electron chi connectivity index (χ3n) is 3.27. The average Bonchev–Trinajstić information content (AvgIpc) is 2.47. The second kappa shape index (κ2) is 7.06. The molecule has 20 heavy (non-hydrogen) atoms. The third kappa shape index (κ3) is 4.07. The number of rotatable bonds is 6. The molecule has 2 aromatic carbocycles. The summed E-state index contributed by atoms with van der Waals surface area (Å²) in [5, 5.41) is 0. The first-order valence-corrected chi connectivity index (χ1v) is 6.89. The van der Waals surface area contributed by atoms with Crippen molar-refractivity contribution in [2.24, 2.45) is 5.73 Å². The van der Waals surface area contributed by atoms with Crippen LogP contribution in [0.3, 0.4) is 0 Å². The van der Waals surface area contributed by atoms with Gasteiger partial charge in [0.1, 0.15) is 18.2 Å². The van der Waals surface area contributed by atoms with Crippen molar-refractivity contribution < 1.29 is 9.13 Å². The Balaban J connectivity index is 2.10. The standard InChI is InChI=1S/C17H20FNO/c1-2-16(19)11-14-10-15(18)8-9-17(14)20-12-13-6-4-3-5-7-13/h3-10,16H,2,11-12,19H2,1H3. The first-order chi connectivity index (χ1) is 9.69. The van der Waals surface area contributed by atoms with Crippen LogP contribution in [0.15, 0.2) is 48.5 Å². The van der Waals surface area contributed by atoms with Gasteiger partial charge in [-0.2, -0.15) is 0 Å². The van der Waals surface area contributed by atoms with Crippen LogP contribution in [-0.4, -0.2) is 6.04 Å². The lowest BCUT2D eigenvalue weighted by molar-refractivity contribution is 0.301. The molecule has 0 heterocycles. The van der Waals surface area contributed by atoms with Crippen molar-refractivity contribution in [1.82, 2.24) is 0 Å². The van der Waals surface area contributed by atoms with Gasteiger partial charge in [-0.3, -0.25) is 0 Å². The highest BCUT2D eigenvalue weighted by atomic mass is 19.1. The summed E-state index contributed by atoms with van der Waals surface area (Å²) < 4.78 is 19.2. The summed E-state index contributed by atoms with van der Waals surface area (Å²) in [6.45, 7) is 2.50. The maximum absolute atomic E-state index is 13.4. The molecule has 0 saturated heterocycles. The molecule has 2 aromatic rings. The Kier molecular flexibility index (Phi) is 5.13. The number of ether oxygens (including phenoxy) is 1. The summed E-state index contributed by atoms with van der Waals surface area (Å²) in [7, 11) is 0. The van der Waals surface area contributed by atoms with Gasteiger partial charge in [0.15, 0.2) is 0 Å². The molecule has 0 aliphatic heterocycles. The van der Waals surface area contributed by atoms with Gasteiger partial charge >= 0.3 is 0 Å². The maximum Gasteiger partial charge on any atom is 0.123 e. The van der Waals surface area contributed by atoms with Crippen LogP contribution in [0.25, 0.3) is 0 Å². The van der Waals surface area contributed by atoms with E-state index in [1.54, 1.807) is 6.07 Å². The van der Waals surface area contributed by atoms with E-state index in [1.165, 1.54) is 12.1 Å². The van der Waals surface area contributed by atoms with Crippen molar-refractivity contribution in [2.45, 2.75) is 32.4 Å². The van der Waals surface area contributed by atoms with E-state index in [0.29, 0.717) is 18.8 Å². The Morgan fingerprint density at radius 3 is 2.60 bits per heavy atom. The minimum atomic E-state index is -0.254. The number of hydrogen-bond acceptors (Lipinski definition) is 2. The van der Waals surface area contributed by atoms with Crippen LogP contribution in [0.1, 0.15) is 24.5 Å². The van der Waals surface area contributed by atoms with Crippen LogP contribution in [0.5, 0.6) is 5.75 Å². The molecule has 1 atom stereocenters. The lowest BCUT2D eigenvalue weighted by Gasteiger charge is -2.14. The van der Waals surface area contributed by atoms with Gasteiger partial charge in [0.25, 0.3) is 0 Å². The van der Waals surface area contributed by atoms with E-state index < -0.39 is 0 Å². The van der Waals surface area contributed by atoms with Crippen LogP contribution < -0.4 is 10.5 Å². The summed E-state index contributed by atoms with van der Waals surface area (Å²) >= 11 is 0. The second-order valence-corrected chi connectivity index (χ2v) is 4.90. The Hall–Kier alpha value is -1.87. The highest BCUT2D eigenvalue weighted by molar-refractivity contribution is 5.35. The minimum Gasteiger partial charge on any atom is -0.489 e. The van der Waals surface area contributed by atoms with Crippen molar-refractivity contribution in [3.8, 4) is 5.75 Å². The fraction of sp³-hybridized carbons (Fsp3) is 0.294. The molecule has 0 bridgehead atoms. The Bertz CT molecular complexity index is 542. The molecule has 2 N–H and O–H groups in total.